The maximum absolute atomic E-state index is 13.1. The summed E-state index contributed by atoms with van der Waals surface area (Å²) in [4.78, 5) is 26.2. The van der Waals surface area contributed by atoms with Gasteiger partial charge in [-0.3, -0.25) is 9.59 Å². The molecule has 1 aliphatic heterocycles. The number of rotatable bonds is 5. The number of anilines is 1. The number of carbonyl (C=O) groups excluding carboxylic acids is 2. The zero-order chi connectivity index (χ0) is 20.5. The van der Waals surface area contributed by atoms with Gasteiger partial charge >= 0.3 is 0 Å². The van der Waals surface area contributed by atoms with Crippen molar-refractivity contribution in [2.45, 2.75) is 42.5 Å². The van der Waals surface area contributed by atoms with Gasteiger partial charge in [0.15, 0.2) is 0 Å². The molecule has 1 fully saturated rings. The Bertz CT molecular complexity index is 1030. The van der Waals surface area contributed by atoms with Crippen LogP contribution in [0, 0.1) is 13.8 Å². The molecular formula is C20H22N2O4S2. The first-order chi connectivity index (χ1) is 13.2. The number of hydrogen-bond donors (Lipinski definition) is 1. The van der Waals surface area contributed by atoms with Gasteiger partial charge in [-0.1, -0.05) is 12.1 Å². The van der Waals surface area contributed by atoms with Crippen LogP contribution in [-0.4, -0.2) is 36.8 Å². The molecule has 2 aromatic carbocycles. The van der Waals surface area contributed by atoms with Crippen LogP contribution in [0.1, 0.15) is 24.0 Å². The first-order valence-corrected chi connectivity index (χ1v) is 11.5. The van der Waals surface area contributed by atoms with Gasteiger partial charge in [0.05, 0.1) is 4.90 Å². The van der Waals surface area contributed by atoms with Crippen molar-refractivity contribution in [1.29, 1.82) is 0 Å². The molecule has 28 heavy (non-hydrogen) atoms. The fourth-order valence-corrected chi connectivity index (χ4v) is 5.26. The molecule has 2 aromatic rings. The number of nitrogens with one attached hydrogen (secondary N) is 1. The molecule has 0 bridgehead atoms. The molecule has 0 aromatic heterocycles. The van der Waals surface area contributed by atoms with E-state index in [4.69, 9.17) is 0 Å². The zero-order valence-corrected chi connectivity index (χ0v) is 17.6. The van der Waals surface area contributed by atoms with Crippen LogP contribution in [0.2, 0.25) is 0 Å². The first-order valence-electron chi connectivity index (χ1n) is 8.83. The number of benzene rings is 2. The monoisotopic (exact) mass is 418 g/mol. The maximum atomic E-state index is 13.1. The summed E-state index contributed by atoms with van der Waals surface area (Å²) in [5, 5.41) is 2.74. The Morgan fingerprint density at radius 2 is 1.89 bits per heavy atom. The van der Waals surface area contributed by atoms with Gasteiger partial charge in [0.25, 0.3) is 10.0 Å². The van der Waals surface area contributed by atoms with Gasteiger partial charge in [0.2, 0.25) is 11.8 Å². The Kier molecular flexibility index (Phi) is 5.81. The average molecular weight is 419 g/mol. The van der Waals surface area contributed by atoms with Crippen molar-refractivity contribution < 1.29 is 18.0 Å². The summed E-state index contributed by atoms with van der Waals surface area (Å²) >= 11 is 1.54. The van der Waals surface area contributed by atoms with Crippen molar-refractivity contribution in [1.82, 2.24) is 4.31 Å². The molecule has 0 unspecified atom stereocenters. The molecule has 8 heteroatoms. The van der Waals surface area contributed by atoms with Gasteiger partial charge in [-0.25, -0.2) is 12.7 Å². The molecular weight excluding hydrogens is 396 g/mol. The average Bonchev–Trinajstić information content (AvgIpc) is 3.06. The summed E-state index contributed by atoms with van der Waals surface area (Å²) in [5.41, 5.74) is 2.33. The molecule has 0 aliphatic carbocycles. The minimum atomic E-state index is -4.11. The van der Waals surface area contributed by atoms with Crippen molar-refractivity contribution in [2.75, 3.05) is 11.6 Å². The molecule has 6 nitrogen and oxygen atoms in total. The summed E-state index contributed by atoms with van der Waals surface area (Å²) in [6, 6.07) is 10.9. The fourth-order valence-electron chi connectivity index (χ4n) is 3.11. The fraction of sp³-hybridized carbons (Fsp3) is 0.300. The topological polar surface area (TPSA) is 83.6 Å². The molecule has 3 rings (SSSR count). The standard InChI is InChI=1S/C20H22N2O4S2/c1-13-7-8-17(11-14(13)2)28(25,26)22-18(9-10-19(22)23)20(24)21-15-5-4-6-16(12-15)27-3/h4-8,11-12,18H,9-10H2,1-3H3,(H,21,24)/t18-/m1/s1. The Labute approximate surface area is 169 Å². The molecule has 1 aliphatic rings. The predicted molar refractivity (Wildman–Crippen MR) is 110 cm³/mol. The lowest BCUT2D eigenvalue weighted by Crippen LogP contribution is -2.45. The van der Waals surface area contributed by atoms with E-state index in [0.29, 0.717) is 5.69 Å². The summed E-state index contributed by atoms with van der Waals surface area (Å²) in [6.45, 7) is 3.69. The molecule has 1 heterocycles. The van der Waals surface area contributed by atoms with E-state index < -0.39 is 27.9 Å². The number of thioether (sulfide) groups is 1. The Hall–Kier alpha value is -2.32. The Balaban J connectivity index is 1.89. The molecule has 0 spiro atoms. The Morgan fingerprint density at radius 3 is 2.57 bits per heavy atom. The molecule has 1 saturated heterocycles. The van der Waals surface area contributed by atoms with Crippen LogP contribution < -0.4 is 5.32 Å². The van der Waals surface area contributed by atoms with Crippen LogP contribution in [0.4, 0.5) is 5.69 Å². The minimum Gasteiger partial charge on any atom is -0.324 e. The number of hydrogen-bond acceptors (Lipinski definition) is 5. The molecule has 2 amide bonds. The highest BCUT2D eigenvalue weighted by molar-refractivity contribution is 7.98. The van der Waals surface area contributed by atoms with Crippen LogP contribution in [0.5, 0.6) is 0 Å². The van der Waals surface area contributed by atoms with Crippen LogP contribution in [0.15, 0.2) is 52.3 Å². The SMILES string of the molecule is CSc1cccc(NC(=O)[C@H]2CCC(=O)N2S(=O)(=O)c2ccc(C)c(C)c2)c1. The highest BCUT2D eigenvalue weighted by Crippen LogP contribution is 2.29. The van der Waals surface area contributed by atoms with Crippen LogP contribution in [0.3, 0.4) is 0 Å². The lowest BCUT2D eigenvalue weighted by molar-refractivity contribution is -0.128. The lowest BCUT2D eigenvalue weighted by Gasteiger charge is -2.24. The molecule has 1 atom stereocenters. The number of nitrogens with zero attached hydrogens (tertiary/aromatic N) is 1. The van der Waals surface area contributed by atoms with Gasteiger partial charge in [-0.2, -0.15) is 0 Å². The number of aryl methyl sites for hydroxylation is 2. The predicted octanol–water partition coefficient (Wildman–Crippen LogP) is 3.34. The summed E-state index contributed by atoms with van der Waals surface area (Å²) < 4.78 is 26.9. The minimum absolute atomic E-state index is 0.0208. The third-order valence-corrected chi connectivity index (χ3v) is 7.39. The third kappa shape index (κ3) is 3.93. The quantitative estimate of drug-likeness (QED) is 0.753. The van der Waals surface area contributed by atoms with Gasteiger partial charge < -0.3 is 5.32 Å². The highest BCUT2D eigenvalue weighted by atomic mass is 32.2. The van der Waals surface area contributed by atoms with Crippen molar-refractivity contribution in [3.8, 4) is 0 Å². The summed E-state index contributed by atoms with van der Waals surface area (Å²) in [7, 11) is -4.11. The van der Waals surface area contributed by atoms with Crippen molar-refractivity contribution in [3.63, 3.8) is 0 Å². The number of sulfonamides is 1. The second-order valence-corrected chi connectivity index (χ2v) is 9.41. The van der Waals surface area contributed by atoms with Crippen molar-refractivity contribution in [2.24, 2.45) is 0 Å². The normalized spacial score (nSPS) is 17.0. The smallest absolute Gasteiger partial charge is 0.267 e. The van der Waals surface area contributed by atoms with E-state index in [1.165, 1.54) is 23.9 Å². The van der Waals surface area contributed by atoms with E-state index in [9.17, 15) is 18.0 Å². The third-order valence-electron chi connectivity index (χ3n) is 4.84. The summed E-state index contributed by atoms with van der Waals surface area (Å²) in [6.07, 6.45) is 2.11. The molecule has 148 valence electrons. The van der Waals surface area contributed by atoms with E-state index in [1.54, 1.807) is 12.1 Å². The van der Waals surface area contributed by atoms with Crippen molar-refractivity contribution in [3.05, 3.63) is 53.6 Å². The van der Waals surface area contributed by atoms with Gasteiger partial charge in [-0.05, 0) is 68.0 Å². The second-order valence-electron chi connectivity index (χ2n) is 6.72. The van der Waals surface area contributed by atoms with Crippen LogP contribution >= 0.6 is 11.8 Å². The van der Waals surface area contributed by atoms with E-state index in [1.807, 2.05) is 38.3 Å². The van der Waals surface area contributed by atoms with Gasteiger partial charge in [0.1, 0.15) is 6.04 Å². The number of carbonyl (C=O) groups is 2. The lowest BCUT2D eigenvalue weighted by atomic mass is 10.1. The van der Waals surface area contributed by atoms with E-state index in [2.05, 4.69) is 5.32 Å². The van der Waals surface area contributed by atoms with Crippen molar-refractivity contribution >= 4 is 39.3 Å². The van der Waals surface area contributed by atoms with Gasteiger partial charge in [-0.15, -0.1) is 11.8 Å². The Morgan fingerprint density at radius 1 is 1.14 bits per heavy atom. The van der Waals surface area contributed by atoms with E-state index in [0.717, 1.165) is 20.3 Å². The largest absolute Gasteiger partial charge is 0.324 e. The van der Waals surface area contributed by atoms with E-state index >= 15 is 0 Å². The molecule has 0 saturated carbocycles. The number of amides is 2. The van der Waals surface area contributed by atoms with Gasteiger partial charge in [0, 0.05) is 17.0 Å². The molecule has 0 radical (unpaired) electrons. The zero-order valence-electron chi connectivity index (χ0n) is 15.9. The van der Waals surface area contributed by atoms with Crippen LogP contribution in [0.25, 0.3) is 0 Å². The summed E-state index contributed by atoms with van der Waals surface area (Å²) in [5.74, 6) is -1.06. The van der Waals surface area contributed by atoms with Crippen LogP contribution in [-0.2, 0) is 19.6 Å². The maximum Gasteiger partial charge on any atom is 0.267 e. The second kappa shape index (κ2) is 7.97. The highest BCUT2D eigenvalue weighted by Gasteiger charge is 2.44. The first kappa shape index (κ1) is 20.4. The molecule has 1 N–H and O–H groups in total. The van der Waals surface area contributed by atoms with E-state index in [-0.39, 0.29) is 17.7 Å².